The molecule has 0 aliphatic carbocycles. The van der Waals surface area contributed by atoms with Crippen molar-refractivity contribution < 1.29 is 14.3 Å². The quantitative estimate of drug-likeness (QED) is 0.617. The first-order chi connectivity index (χ1) is 14.0. The monoisotopic (exact) mass is 392 g/mol. The zero-order chi connectivity index (χ0) is 20.4. The molecule has 3 N–H and O–H groups in total. The predicted molar refractivity (Wildman–Crippen MR) is 112 cm³/mol. The number of aromatic amines is 1. The molecule has 7 nitrogen and oxygen atoms in total. The molecular weight excluding hydrogens is 368 g/mol. The van der Waals surface area contributed by atoms with Crippen molar-refractivity contribution in [1.29, 1.82) is 0 Å². The van der Waals surface area contributed by atoms with Crippen molar-refractivity contribution in [2.75, 3.05) is 18.5 Å². The zero-order valence-corrected chi connectivity index (χ0v) is 16.5. The van der Waals surface area contributed by atoms with Crippen LogP contribution in [0.3, 0.4) is 0 Å². The van der Waals surface area contributed by atoms with Crippen LogP contribution in [0.5, 0.6) is 5.75 Å². The van der Waals surface area contributed by atoms with Crippen molar-refractivity contribution in [3.63, 3.8) is 0 Å². The maximum Gasteiger partial charge on any atom is 0.318 e. The van der Waals surface area contributed by atoms with E-state index in [4.69, 9.17) is 4.74 Å². The van der Waals surface area contributed by atoms with Crippen LogP contribution in [0.1, 0.15) is 31.0 Å². The maximum absolute atomic E-state index is 12.8. The second kappa shape index (κ2) is 7.87. The number of hydrogen-bond acceptors (Lipinski definition) is 3. The summed E-state index contributed by atoms with van der Waals surface area (Å²) in [6, 6.07) is 13.4. The van der Waals surface area contributed by atoms with Crippen molar-refractivity contribution in [3.05, 3.63) is 59.8 Å². The molecule has 0 radical (unpaired) electrons. The van der Waals surface area contributed by atoms with Crippen LogP contribution in [0, 0.1) is 0 Å². The summed E-state index contributed by atoms with van der Waals surface area (Å²) in [5, 5.41) is 6.97. The third-order valence-corrected chi connectivity index (χ3v) is 5.14. The van der Waals surface area contributed by atoms with Crippen LogP contribution in [0.15, 0.2) is 48.7 Å². The molecule has 0 spiro atoms. The second-order valence-corrected chi connectivity index (χ2v) is 7.18. The van der Waals surface area contributed by atoms with E-state index >= 15 is 0 Å². The molecule has 1 aliphatic rings. The first kappa shape index (κ1) is 18.9. The molecule has 7 heteroatoms. The number of nitrogens with one attached hydrogen (secondary N) is 3. The fraction of sp³-hybridized carbons (Fsp3) is 0.273. The Bertz CT molecular complexity index is 1060. The summed E-state index contributed by atoms with van der Waals surface area (Å²) in [7, 11) is 0. The summed E-state index contributed by atoms with van der Waals surface area (Å²) in [6.07, 6.45) is 1.91. The van der Waals surface area contributed by atoms with E-state index in [2.05, 4.69) is 21.7 Å². The summed E-state index contributed by atoms with van der Waals surface area (Å²) in [5.74, 6) is 0.463. The lowest BCUT2D eigenvalue weighted by molar-refractivity contribution is -0.118. The summed E-state index contributed by atoms with van der Waals surface area (Å²) < 4.78 is 5.39. The highest BCUT2D eigenvalue weighted by Crippen LogP contribution is 2.30. The standard InChI is InChI=1S/C22H24N4O3/c1-3-26(12-15-4-6-18-17(10-15)8-9-23-18)22(28)24-14(2)16-5-7-20-19(11-16)25-21(27)13-29-20/h4-11,14,23H,3,12-13H2,1-2H3,(H,24,28)(H,25,27)/t14-/m0/s1. The minimum absolute atomic E-state index is 0.0264. The highest BCUT2D eigenvalue weighted by atomic mass is 16.5. The fourth-order valence-corrected chi connectivity index (χ4v) is 3.48. The van der Waals surface area contributed by atoms with E-state index in [-0.39, 0.29) is 24.6 Å². The number of benzene rings is 2. The molecule has 0 unspecified atom stereocenters. The Kier molecular flexibility index (Phi) is 5.12. The summed E-state index contributed by atoms with van der Waals surface area (Å²) in [6.45, 7) is 5.04. The largest absolute Gasteiger partial charge is 0.482 e. The van der Waals surface area contributed by atoms with E-state index in [0.717, 1.165) is 22.0 Å². The van der Waals surface area contributed by atoms with Gasteiger partial charge in [0.2, 0.25) is 0 Å². The van der Waals surface area contributed by atoms with Gasteiger partial charge in [0.1, 0.15) is 5.75 Å². The van der Waals surface area contributed by atoms with Gasteiger partial charge < -0.3 is 25.3 Å². The van der Waals surface area contributed by atoms with Crippen molar-refractivity contribution >= 4 is 28.5 Å². The van der Waals surface area contributed by atoms with E-state index in [9.17, 15) is 9.59 Å². The third kappa shape index (κ3) is 4.03. The maximum atomic E-state index is 12.8. The number of ether oxygens (including phenoxy) is 1. The number of urea groups is 1. The molecule has 0 bridgehead atoms. The minimum atomic E-state index is -0.215. The first-order valence-electron chi connectivity index (χ1n) is 9.71. The van der Waals surface area contributed by atoms with Gasteiger partial charge in [-0.1, -0.05) is 12.1 Å². The molecule has 1 aliphatic heterocycles. The highest BCUT2D eigenvalue weighted by Gasteiger charge is 2.20. The average molecular weight is 392 g/mol. The number of rotatable bonds is 5. The lowest BCUT2D eigenvalue weighted by Gasteiger charge is -2.25. The molecule has 1 atom stereocenters. The molecule has 3 aromatic rings. The van der Waals surface area contributed by atoms with Gasteiger partial charge in [-0.15, -0.1) is 0 Å². The van der Waals surface area contributed by atoms with E-state index in [1.165, 1.54) is 0 Å². The summed E-state index contributed by atoms with van der Waals surface area (Å²) in [4.78, 5) is 29.3. The van der Waals surface area contributed by atoms with Crippen LogP contribution in [0.4, 0.5) is 10.5 Å². The highest BCUT2D eigenvalue weighted by molar-refractivity contribution is 5.95. The van der Waals surface area contributed by atoms with Crippen LogP contribution in [-0.2, 0) is 11.3 Å². The van der Waals surface area contributed by atoms with Gasteiger partial charge in [0.15, 0.2) is 6.61 Å². The van der Waals surface area contributed by atoms with Gasteiger partial charge in [0, 0.05) is 24.8 Å². The van der Waals surface area contributed by atoms with Crippen LogP contribution >= 0.6 is 0 Å². The number of carbonyl (C=O) groups is 2. The topological polar surface area (TPSA) is 86.5 Å². The lowest BCUT2D eigenvalue weighted by Crippen LogP contribution is -2.40. The molecule has 0 saturated carbocycles. The van der Waals surface area contributed by atoms with Crippen LogP contribution < -0.4 is 15.4 Å². The summed E-state index contributed by atoms with van der Waals surface area (Å²) >= 11 is 0. The van der Waals surface area contributed by atoms with Crippen LogP contribution in [-0.4, -0.2) is 35.0 Å². The number of anilines is 1. The molecule has 1 aromatic heterocycles. The number of hydrogen-bond donors (Lipinski definition) is 3. The van der Waals surface area contributed by atoms with Gasteiger partial charge >= 0.3 is 6.03 Å². The Balaban J connectivity index is 1.44. The summed E-state index contributed by atoms with van der Waals surface area (Å²) in [5.41, 5.74) is 3.69. The van der Waals surface area contributed by atoms with Crippen LogP contribution in [0.2, 0.25) is 0 Å². The zero-order valence-electron chi connectivity index (χ0n) is 16.5. The number of fused-ring (bicyclic) bond motifs is 2. The Morgan fingerprint density at radius 3 is 2.93 bits per heavy atom. The molecule has 2 aromatic carbocycles. The lowest BCUT2D eigenvalue weighted by atomic mass is 10.1. The second-order valence-electron chi connectivity index (χ2n) is 7.18. The van der Waals surface area contributed by atoms with Crippen molar-refractivity contribution in [2.24, 2.45) is 0 Å². The molecule has 0 fully saturated rings. The Morgan fingerprint density at radius 1 is 1.24 bits per heavy atom. The molecule has 4 rings (SSSR count). The van der Waals surface area contributed by atoms with Gasteiger partial charge in [-0.05, 0) is 60.7 Å². The number of amides is 3. The van der Waals surface area contributed by atoms with E-state index in [1.807, 2.05) is 56.4 Å². The Hall–Kier alpha value is -3.48. The van der Waals surface area contributed by atoms with E-state index < -0.39 is 0 Å². The Morgan fingerprint density at radius 2 is 2.10 bits per heavy atom. The molecule has 3 amide bonds. The van der Waals surface area contributed by atoms with Gasteiger partial charge in [-0.3, -0.25) is 4.79 Å². The smallest absolute Gasteiger partial charge is 0.318 e. The van der Waals surface area contributed by atoms with Gasteiger partial charge in [0.05, 0.1) is 11.7 Å². The SMILES string of the molecule is CCN(Cc1ccc2[nH]ccc2c1)C(=O)N[C@@H](C)c1ccc2c(c1)NC(=O)CO2. The van der Waals surface area contributed by atoms with Crippen molar-refractivity contribution in [1.82, 2.24) is 15.2 Å². The number of H-pyrrole nitrogens is 1. The normalized spacial score (nSPS) is 13.9. The van der Waals surface area contributed by atoms with Crippen molar-refractivity contribution in [3.8, 4) is 5.75 Å². The fourth-order valence-electron chi connectivity index (χ4n) is 3.48. The minimum Gasteiger partial charge on any atom is -0.482 e. The van der Waals surface area contributed by atoms with E-state index in [0.29, 0.717) is 24.5 Å². The number of aromatic nitrogens is 1. The van der Waals surface area contributed by atoms with Gasteiger partial charge in [-0.25, -0.2) is 4.79 Å². The molecule has 0 saturated heterocycles. The predicted octanol–water partition coefficient (Wildman–Crippen LogP) is 3.79. The molecule has 2 heterocycles. The van der Waals surface area contributed by atoms with Crippen LogP contribution in [0.25, 0.3) is 10.9 Å². The molecule has 150 valence electrons. The third-order valence-electron chi connectivity index (χ3n) is 5.14. The number of nitrogens with zero attached hydrogens (tertiary/aromatic N) is 1. The van der Waals surface area contributed by atoms with Crippen molar-refractivity contribution in [2.45, 2.75) is 26.4 Å². The number of carbonyl (C=O) groups excluding carboxylic acids is 2. The van der Waals surface area contributed by atoms with Gasteiger partial charge in [0.25, 0.3) is 5.91 Å². The molecule has 29 heavy (non-hydrogen) atoms. The Labute approximate surface area is 169 Å². The van der Waals surface area contributed by atoms with E-state index in [1.54, 1.807) is 4.90 Å². The van der Waals surface area contributed by atoms with Gasteiger partial charge in [-0.2, -0.15) is 0 Å². The average Bonchev–Trinajstić information content (AvgIpc) is 3.19. The molecular formula is C22H24N4O3. The first-order valence-corrected chi connectivity index (χ1v) is 9.71.